The van der Waals surface area contributed by atoms with Crippen LogP contribution < -0.4 is 11.1 Å². The predicted octanol–water partition coefficient (Wildman–Crippen LogP) is 1.03. The van der Waals surface area contributed by atoms with Gasteiger partial charge in [-0.25, -0.2) is 0 Å². The number of nitrogens with one attached hydrogen (secondary N) is 1. The van der Waals surface area contributed by atoms with Gasteiger partial charge >= 0.3 is 0 Å². The van der Waals surface area contributed by atoms with Crippen molar-refractivity contribution in [2.75, 3.05) is 13.1 Å². The van der Waals surface area contributed by atoms with Crippen LogP contribution in [0.3, 0.4) is 0 Å². The molecule has 0 radical (unpaired) electrons. The zero-order chi connectivity index (χ0) is 9.23. The quantitative estimate of drug-likeness (QED) is 0.564. The molecule has 0 fully saturated rings. The molecule has 0 heterocycles. The zero-order valence-corrected chi connectivity index (χ0v) is 7.94. The fraction of sp³-hybridized carbons (Fsp3) is 0.889. The van der Waals surface area contributed by atoms with E-state index in [0.29, 0.717) is 13.0 Å². The van der Waals surface area contributed by atoms with Crippen molar-refractivity contribution >= 4 is 5.91 Å². The van der Waals surface area contributed by atoms with Crippen LogP contribution in [0.5, 0.6) is 0 Å². The van der Waals surface area contributed by atoms with E-state index in [4.69, 9.17) is 5.73 Å². The minimum atomic E-state index is 0.136. The van der Waals surface area contributed by atoms with Gasteiger partial charge in [-0.1, -0.05) is 19.8 Å². The summed E-state index contributed by atoms with van der Waals surface area (Å²) in [5, 5.41) is 2.86. The van der Waals surface area contributed by atoms with Crippen LogP contribution in [-0.2, 0) is 4.79 Å². The van der Waals surface area contributed by atoms with Gasteiger partial charge in [-0.3, -0.25) is 4.79 Å². The first-order valence-electron chi connectivity index (χ1n) is 4.78. The number of carbonyl (C=O) groups is 1. The molecular formula is C9H20N2O. The number of unbranched alkanes of at least 4 members (excludes halogenated alkanes) is 2. The maximum atomic E-state index is 11.0. The van der Waals surface area contributed by atoms with Gasteiger partial charge in [0.1, 0.15) is 0 Å². The predicted molar refractivity (Wildman–Crippen MR) is 50.8 cm³/mol. The van der Waals surface area contributed by atoms with Gasteiger partial charge in [0.15, 0.2) is 0 Å². The molecule has 0 aliphatic rings. The van der Waals surface area contributed by atoms with Gasteiger partial charge < -0.3 is 11.1 Å². The number of nitrogens with two attached hydrogens (primary N) is 1. The van der Waals surface area contributed by atoms with Gasteiger partial charge in [-0.2, -0.15) is 0 Å². The van der Waals surface area contributed by atoms with E-state index < -0.39 is 0 Å². The Balaban J connectivity index is 3.08. The van der Waals surface area contributed by atoms with Crippen molar-refractivity contribution in [3.05, 3.63) is 0 Å². The smallest absolute Gasteiger partial charge is 0.220 e. The standard InChI is InChI=1S/C9H20N2O/c1-2-3-4-8-11-9(12)6-5-7-10/h2-8,10H2,1H3,(H,11,12). The van der Waals surface area contributed by atoms with Crippen LogP contribution in [0.15, 0.2) is 0 Å². The lowest BCUT2D eigenvalue weighted by Crippen LogP contribution is -2.24. The van der Waals surface area contributed by atoms with Crippen molar-refractivity contribution in [1.29, 1.82) is 0 Å². The summed E-state index contributed by atoms with van der Waals surface area (Å²) < 4.78 is 0. The van der Waals surface area contributed by atoms with E-state index >= 15 is 0 Å². The van der Waals surface area contributed by atoms with E-state index in [9.17, 15) is 4.79 Å². The first-order chi connectivity index (χ1) is 5.81. The number of carbonyl (C=O) groups excluding carboxylic acids is 1. The third-order valence-corrected chi connectivity index (χ3v) is 1.71. The highest BCUT2D eigenvalue weighted by molar-refractivity contribution is 5.75. The van der Waals surface area contributed by atoms with Crippen LogP contribution >= 0.6 is 0 Å². The molecule has 0 bridgehead atoms. The SMILES string of the molecule is CCCCCNC(=O)CCCN. The van der Waals surface area contributed by atoms with Crippen LogP contribution in [0.4, 0.5) is 0 Å². The van der Waals surface area contributed by atoms with Gasteiger partial charge in [0.05, 0.1) is 0 Å². The third-order valence-electron chi connectivity index (χ3n) is 1.71. The lowest BCUT2D eigenvalue weighted by atomic mass is 10.2. The number of amides is 1. The second kappa shape index (κ2) is 8.53. The zero-order valence-electron chi connectivity index (χ0n) is 7.94. The Hall–Kier alpha value is -0.570. The molecule has 0 aliphatic carbocycles. The van der Waals surface area contributed by atoms with Crippen LogP contribution in [0.25, 0.3) is 0 Å². The Kier molecular flexibility index (Phi) is 8.12. The van der Waals surface area contributed by atoms with E-state index in [1.54, 1.807) is 0 Å². The lowest BCUT2D eigenvalue weighted by molar-refractivity contribution is -0.121. The number of hydrogen-bond donors (Lipinski definition) is 2. The summed E-state index contributed by atoms with van der Waals surface area (Å²) in [7, 11) is 0. The molecule has 0 atom stereocenters. The van der Waals surface area contributed by atoms with E-state index in [1.165, 1.54) is 12.8 Å². The Labute approximate surface area is 74.7 Å². The molecule has 1 amide bonds. The first-order valence-corrected chi connectivity index (χ1v) is 4.78. The van der Waals surface area contributed by atoms with Crippen molar-refractivity contribution < 1.29 is 4.79 Å². The van der Waals surface area contributed by atoms with Crippen molar-refractivity contribution in [1.82, 2.24) is 5.32 Å². The van der Waals surface area contributed by atoms with E-state index in [1.807, 2.05) is 0 Å². The molecule has 0 unspecified atom stereocenters. The molecule has 12 heavy (non-hydrogen) atoms. The molecular weight excluding hydrogens is 152 g/mol. The molecule has 0 aliphatic heterocycles. The molecule has 0 saturated heterocycles. The van der Waals surface area contributed by atoms with E-state index in [-0.39, 0.29) is 5.91 Å². The number of hydrogen-bond acceptors (Lipinski definition) is 2. The van der Waals surface area contributed by atoms with Gasteiger partial charge in [0, 0.05) is 13.0 Å². The molecule has 0 aromatic heterocycles. The molecule has 0 spiro atoms. The fourth-order valence-electron chi connectivity index (χ4n) is 0.954. The minimum Gasteiger partial charge on any atom is -0.356 e. The summed E-state index contributed by atoms with van der Waals surface area (Å²) in [6.45, 7) is 3.57. The first kappa shape index (κ1) is 11.4. The molecule has 3 heteroatoms. The second-order valence-electron chi connectivity index (χ2n) is 2.95. The highest BCUT2D eigenvalue weighted by atomic mass is 16.1. The van der Waals surface area contributed by atoms with E-state index in [2.05, 4.69) is 12.2 Å². The molecule has 3 nitrogen and oxygen atoms in total. The Morgan fingerprint density at radius 2 is 2.08 bits per heavy atom. The van der Waals surface area contributed by atoms with Gasteiger partial charge in [-0.05, 0) is 19.4 Å². The Morgan fingerprint density at radius 3 is 2.67 bits per heavy atom. The van der Waals surface area contributed by atoms with Gasteiger partial charge in [0.2, 0.25) is 5.91 Å². The summed E-state index contributed by atoms with van der Waals surface area (Å²) in [5.74, 6) is 0.136. The topological polar surface area (TPSA) is 55.1 Å². The summed E-state index contributed by atoms with van der Waals surface area (Å²) in [6, 6.07) is 0. The monoisotopic (exact) mass is 172 g/mol. The summed E-state index contributed by atoms with van der Waals surface area (Å²) in [6.07, 6.45) is 4.84. The normalized spacial score (nSPS) is 9.83. The highest BCUT2D eigenvalue weighted by Crippen LogP contribution is 1.92. The summed E-state index contributed by atoms with van der Waals surface area (Å²) in [5.41, 5.74) is 5.27. The Bertz CT molecular complexity index is 115. The molecule has 0 aromatic rings. The average Bonchev–Trinajstić information content (AvgIpc) is 2.09. The van der Waals surface area contributed by atoms with Crippen LogP contribution in [0.2, 0.25) is 0 Å². The summed E-state index contributed by atoms with van der Waals surface area (Å²) >= 11 is 0. The van der Waals surface area contributed by atoms with Crippen LogP contribution in [-0.4, -0.2) is 19.0 Å². The third kappa shape index (κ3) is 7.54. The minimum absolute atomic E-state index is 0.136. The van der Waals surface area contributed by atoms with Crippen molar-refractivity contribution in [3.8, 4) is 0 Å². The maximum absolute atomic E-state index is 11.0. The molecule has 3 N–H and O–H groups in total. The van der Waals surface area contributed by atoms with Crippen molar-refractivity contribution in [2.24, 2.45) is 5.73 Å². The van der Waals surface area contributed by atoms with E-state index in [0.717, 1.165) is 19.4 Å². The van der Waals surface area contributed by atoms with Crippen molar-refractivity contribution in [2.45, 2.75) is 39.0 Å². The van der Waals surface area contributed by atoms with Crippen molar-refractivity contribution in [3.63, 3.8) is 0 Å². The Morgan fingerprint density at radius 1 is 1.33 bits per heavy atom. The van der Waals surface area contributed by atoms with Gasteiger partial charge in [-0.15, -0.1) is 0 Å². The highest BCUT2D eigenvalue weighted by Gasteiger charge is 1.97. The van der Waals surface area contributed by atoms with Gasteiger partial charge in [0.25, 0.3) is 0 Å². The average molecular weight is 172 g/mol. The van der Waals surface area contributed by atoms with Crippen LogP contribution in [0.1, 0.15) is 39.0 Å². The fourth-order valence-corrected chi connectivity index (χ4v) is 0.954. The second-order valence-corrected chi connectivity index (χ2v) is 2.95. The maximum Gasteiger partial charge on any atom is 0.220 e. The molecule has 0 aromatic carbocycles. The lowest BCUT2D eigenvalue weighted by Gasteiger charge is -2.02. The molecule has 0 rings (SSSR count). The number of rotatable bonds is 7. The summed E-state index contributed by atoms with van der Waals surface area (Å²) in [4.78, 5) is 11.0. The molecule has 0 saturated carbocycles. The largest absolute Gasteiger partial charge is 0.356 e. The van der Waals surface area contributed by atoms with Crippen LogP contribution in [0, 0.1) is 0 Å². The molecule has 72 valence electrons.